The monoisotopic (exact) mass is 251 g/mol. The lowest BCUT2D eigenvalue weighted by Crippen LogP contribution is -2.35. The zero-order valence-corrected chi connectivity index (χ0v) is 10.4. The molecule has 1 aromatic carbocycles. The first-order valence-corrected chi connectivity index (χ1v) is 6.18. The molecule has 1 saturated heterocycles. The van der Waals surface area contributed by atoms with Crippen LogP contribution in [-0.2, 0) is 0 Å². The fourth-order valence-corrected chi connectivity index (χ4v) is 2.03. The first-order chi connectivity index (χ1) is 8.66. The highest BCUT2D eigenvalue weighted by Gasteiger charge is 2.18. The van der Waals surface area contributed by atoms with Gasteiger partial charge in [-0.05, 0) is 24.6 Å². The summed E-state index contributed by atoms with van der Waals surface area (Å²) in [6.07, 6.45) is 0. The van der Waals surface area contributed by atoms with E-state index in [1.54, 1.807) is 11.0 Å². The van der Waals surface area contributed by atoms with Crippen LogP contribution in [0.4, 0.5) is 9.18 Å². The Labute approximate surface area is 106 Å². The van der Waals surface area contributed by atoms with Crippen LogP contribution in [0.3, 0.4) is 0 Å². The number of nitrogens with one attached hydrogen (secondary N) is 2. The molecule has 1 aromatic rings. The summed E-state index contributed by atoms with van der Waals surface area (Å²) in [5.41, 5.74) is 0.917. The third kappa shape index (κ3) is 3.20. The Morgan fingerprint density at radius 3 is 3.06 bits per heavy atom. The number of rotatable bonds is 5. The zero-order chi connectivity index (χ0) is 13.0. The number of amides is 2. The van der Waals surface area contributed by atoms with Crippen molar-refractivity contribution in [2.75, 3.05) is 26.2 Å². The zero-order valence-electron chi connectivity index (χ0n) is 10.4. The molecule has 0 bridgehead atoms. The Morgan fingerprint density at radius 1 is 1.56 bits per heavy atom. The van der Waals surface area contributed by atoms with Crippen LogP contribution in [-0.4, -0.2) is 37.1 Å². The van der Waals surface area contributed by atoms with Crippen molar-refractivity contribution in [2.45, 2.75) is 13.0 Å². The van der Waals surface area contributed by atoms with Gasteiger partial charge >= 0.3 is 6.03 Å². The molecule has 4 nitrogen and oxygen atoms in total. The standard InChI is InChI=1S/C13H18FN3O/c1-10(11-3-2-4-12(14)9-11)15-5-7-17-8-6-16-13(17)18/h2-4,9-10,15H,5-8H2,1H3,(H,16,18). The van der Waals surface area contributed by atoms with Gasteiger partial charge in [-0.1, -0.05) is 12.1 Å². The predicted molar refractivity (Wildman–Crippen MR) is 67.8 cm³/mol. The molecule has 5 heteroatoms. The van der Waals surface area contributed by atoms with Crippen LogP contribution in [0.1, 0.15) is 18.5 Å². The SMILES string of the molecule is CC(NCCN1CCNC1=O)c1cccc(F)c1. The molecule has 0 aliphatic carbocycles. The molecule has 1 fully saturated rings. The fraction of sp³-hybridized carbons (Fsp3) is 0.462. The van der Waals surface area contributed by atoms with Gasteiger partial charge in [0.05, 0.1) is 0 Å². The highest BCUT2D eigenvalue weighted by Crippen LogP contribution is 2.13. The van der Waals surface area contributed by atoms with Gasteiger partial charge in [0.15, 0.2) is 0 Å². The van der Waals surface area contributed by atoms with Crippen molar-refractivity contribution in [1.82, 2.24) is 15.5 Å². The Balaban J connectivity index is 1.78. The Bertz CT molecular complexity index is 424. The maximum absolute atomic E-state index is 13.1. The molecule has 1 atom stereocenters. The second-order valence-corrected chi connectivity index (χ2v) is 4.45. The number of urea groups is 1. The number of carbonyl (C=O) groups excluding carboxylic acids is 1. The van der Waals surface area contributed by atoms with Crippen molar-refractivity contribution < 1.29 is 9.18 Å². The summed E-state index contributed by atoms with van der Waals surface area (Å²) in [5.74, 6) is -0.222. The summed E-state index contributed by atoms with van der Waals surface area (Å²) in [6.45, 7) is 4.84. The highest BCUT2D eigenvalue weighted by molar-refractivity contribution is 5.76. The van der Waals surface area contributed by atoms with E-state index in [-0.39, 0.29) is 17.9 Å². The first kappa shape index (κ1) is 12.8. The van der Waals surface area contributed by atoms with E-state index < -0.39 is 0 Å². The van der Waals surface area contributed by atoms with Gasteiger partial charge in [-0.2, -0.15) is 0 Å². The molecule has 2 N–H and O–H groups in total. The molecule has 1 unspecified atom stereocenters. The molecule has 98 valence electrons. The number of halogens is 1. The van der Waals surface area contributed by atoms with Crippen LogP contribution in [0.5, 0.6) is 0 Å². The van der Waals surface area contributed by atoms with Crippen LogP contribution < -0.4 is 10.6 Å². The van der Waals surface area contributed by atoms with Crippen LogP contribution in [0, 0.1) is 5.82 Å². The van der Waals surface area contributed by atoms with E-state index in [0.29, 0.717) is 13.1 Å². The largest absolute Gasteiger partial charge is 0.336 e. The van der Waals surface area contributed by atoms with E-state index in [1.165, 1.54) is 12.1 Å². The maximum Gasteiger partial charge on any atom is 0.317 e. The van der Waals surface area contributed by atoms with Crippen LogP contribution in [0.25, 0.3) is 0 Å². The number of benzene rings is 1. The van der Waals surface area contributed by atoms with Crippen molar-refractivity contribution in [1.29, 1.82) is 0 Å². The summed E-state index contributed by atoms with van der Waals surface area (Å²) in [7, 11) is 0. The van der Waals surface area contributed by atoms with Crippen molar-refractivity contribution >= 4 is 6.03 Å². The topological polar surface area (TPSA) is 44.4 Å². The summed E-state index contributed by atoms with van der Waals surface area (Å²) in [6, 6.07) is 6.63. The van der Waals surface area contributed by atoms with Gasteiger partial charge in [0.1, 0.15) is 5.82 Å². The lowest BCUT2D eigenvalue weighted by Gasteiger charge is -2.18. The first-order valence-electron chi connectivity index (χ1n) is 6.18. The van der Waals surface area contributed by atoms with E-state index >= 15 is 0 Å². The molecule has 2 amide bonds. The summed E-state index contributed by atoms with van der Waals surface area (Å²) in [5, 5.41) is 6.04. The van der Waals surface area contributed by atoms with Crippen molar-refractivity contribution in [3.63, 3.8) is 0 Å². The minimum atomic E-state index is -0.222. The van der Waals surface area contributed by atoms with Gasteiger partial charge < -0.3 is 15.5 Å². The molecular weight excluding hydrogens is 233 g/mol. The van der Waals surface area contributed by atoms with Gasteiger partial charge in [0.2, 0.25) is 0 Å². The average Bonchev–Trinajstić information content (AvgIpc) is 2.75. The third-order valence-corrected chi connectivity index (χ3v) is 3.13. The fourth-order valence-electron chi connectivity index (χ4n) is 2.03. The minimum Gasteiger partial charge on any atom is -0.336 e. The molecule has 18 heavy (non-hydrogen) atoms. The lowest BCUT2D eigenvalue weighted by molar-refractivity contribution is 0.217. The molecule has 0 aromatic heterocycles. The molecule has 2 rings (SSSR count). The van der Waals surface area contributed by atoms with E-state index in [9.17, 15) is 9.18 Å². The lowest BCUT2D eigenvalue weighted by atomic mass is 10.1. The molecule has 1 heterocycles. The molecule has 0 saturated carbocycles. The van der Waals surface area contributed by atoms with Gasteiger partial charge in [-0.15, -0.1) is 0 Å². The minimum absolute atomic E-state index is 0.00444. The van der Waals surface area contributed by atoms with Gasteiger partial charge in [0, 0.05) is 32.2 Å². The molecular formula is C13H18FN3O. The van der Waals surface area contributed by atoms with E-state index in [2.05, 4.69) is 10.6 Å². The molecule has 0 radical (unpaired) electrons. The molecule has 0 spiro atoms. The van der Waals surface area contributed by atoms with Crippen molar-refractivity contribution in [3.8, 4) is 0 Å². The van der Waals surface area contributed by atoms with Crippen molar-refractivity contribution in [2.24, 2.45) is 0 Å². The second-order valence-electron chi connectivity index (χ2n) is 4.45. The Hall–Kier alpha value is -1.62. The second kappa shape index (κ2) is 5.82. The number of hydrogen-bond donors (Lipinski definition) is 2. The predicted octanol–water partition coefficient (Wildman–Crippen LogP) is 1.50. The van der Waals surface area contributed by atoms with Gasteiger partial charge in [0.25, 0.3) is 0 Å². The van der Waals surface area contributed by atoms with Crippen LogP contribution in [0.15, 0.2) is 24.3 Å². The molecule has 1 aliphatic rings. The van der Waals surface area contributed by atoms with E-state index in [4.69, 9.17) is 0 Å². The quantitative estimate of drug-likeness (QED) is 0.833. The Morgan fingerprint density at radius 2 is 2.39 bits per heavy atom. The molecule has 1 aliphatic heterocycles. The summed E-state index contributed by atoms with van der Waals surface area (Å²) in [4.78, 5) is 13.1. The average molecular weight is 251 g/mol. The van der Waals surface area contributed by atoms with Gasteiger partial charge in [-0.3, -0.25) is 0 Å². The summed E-state index contributed by atoms with van der Waals surface area (Å²) < 4.78 is 13.1. The Kier molecular flexibility index (Phi) is 4.15. The van der Waals surface area contributed by atoms with Crippen LogP contribution >= 0.6 is 0 Å². The smallest absolute Gasteiger partial charge is 0.317 e. The van der Waals surface area contributed by atoms with Crippen LogP contribution in [0.2, 0.25) is 0 Å². The van der Waals surface area contributed by atoms with Crippen molar-refractivity contribution in [3.05, 3.63) is 35.6 Å². The van der Waals surface area contributed by atoms with E-state index in [1.807, 2.05) is 13.0 Å². The number of carbonyl (C=O) groups is 1. The normalized spacial score (nSPS) is 16.8. The highest BCUT2D eigenvalue weighted by atomic mass is 19.1. The number of hydrogen-bond acceptors (Lipinski definition) is 2. The van der Waals surface area contributed by atoms with E-state index in [0.717, 1.165) is 18.7 Å². The summed E-state index contributed by atoms with van der Waals surface area (Å²) >= 11 is 0. The maximum atomic E-state index is 13.1. The third-order valence-electron chi connectivity index (χ3n) is 3.13. The van der Waals surface area contributed by atoms with Gasteiger partial charge in [-0.25, -0.2) is 9.18 Å². The number of nitrogens with zero attached hydrogens (tertiary/aromatic N) is 1.